The molecule has 0 bridgehead atoms. The highest BCUT2D eigenvalue weighted by Gasteiger charge is 2.09. The molecule has 1 unspecified atom stereocenters. The average molecular weight is 282 g/mol. The monoisotopic (exact) mass is 281 g/mol. The van der Waals surface area contributed by atoms with Crippen molar-refractivity contribution in [2.24, 2.45) is 7.05 Å². The van der Waals surface area contributed by atoms with Crippen LogP contribution in [0.5, 0.6) is 0 Å². The fraction of sp³-hybridized carbons (Fsp3) is 0.357. The van der Waals surface area contributed by atoms with Crippen molar-refractivity contribution in [2.75, 3.05) is 6.54 Å². The smallest absolute Gasteiger partial charge is 0.124 e. The van der Waals surface area contributed by atoms with Gasteiger partial charge in [-0.15, -0.1) is 0 Å². The molecular weight excluding hydrogens is 265 g/mol. The van der Waals surface area contributed by atoms with Crippen molar-refractivity contribution in [3.8, 4) is 0 Å². The molecular formula is C14H17ClFN3. The van der Waals surface area contributed by atoms with Gasteiger partial charge in [0.15, 0.2) is 0 Å². The van der Waals surface area contributed by atoms with E-state index in [0.29, 0.717) is 5.02 Å². The lowest BCUT2D eigenvalue weighted by Gasteiger charge is -2.15. The number of halogens is 2. The third-order valence-electron chi connectivity index (χ3n) is 3.03. The van der Waals surface area contributed by atoms with E-state index >= 15 is 0 Å². The van der Waals surface area contributed by atoms with Crippen LogP contribution in [0.25, 0.3) is 0 Å². The summed E-state index contributed by atoms with van der Waals surface area (Å²) in [5.41, 5.74) is 1.96. The van der Waals surface area contributed by atoms with Crippen LogP contribution in [0.15, 0.2) is 30.5 Å². The fourth-order valence-corrected chi connectivity index (χ4v) is 2.31. The molecule has 1 atom stereocenters. The number of hydrogen-bond donors (Lipinski definition) is 1. The molecule has 0 aliphatic rings. The van der Waals surface area contributed by atoms with Crippen molar-refractivity contribution in [2.45, 2.75) is 19.4 Å². The van der Waals surface area contributed by atoms with Gasteiger partial charge in [-0.05, 0) is 30.7 Å². The molecule has 0 spiro atoms. The first-order valence-corrected chi connectivity index (χ1v) is 6.61. The predicted octanol–water partition coefficient (Wildman–Crippen LogP) is 3.11. The zero-order valence-corrected chi connectivity index (χ0v) is 11.8. The van der Waals surface area contributed by atoms with Crippen LogP contribution in [0.4, 0.5) is 4.39 Å². The van der Waals surface area contributed by atoms with E-state index in [1.165, 1.54) is 12.1 Å². The van der Waals surface area contributed by atoms with Crippen molar-refractivity contribution < 1.29 is 4.39 Å². The van der Waals surface area contributed by atoms with Gasteiger partial charge in [0.05, 0.1) is 5.69 Å². The molecule has 0 aliphatic carbocycles. The normalized spacial score (nSPS) is 12.6. The lowest BCUT2D eigenvalue weighted by atomic mass is 10.1. The maximum absolute atomic E-state index is 13.0. The average Bonchev–Trinajstić information content (AvgIpc) is 2.75. The van der Waals surface area contributed by atoms with Crippen LogP contribution in [-0.2, 0) is 13.5 Å². The molecule has 0 amide bonds. The van der Waals surface area contributed by atoms with Crippen molar-refractivity contribution >= 4 is 11.6 Å². The second-order valence-corrected chi connectivity index (χ2v) is 4.98. The largest absolute Gasteiger partial charge is 0.310 e. The molecule has 1 N–H and O–H groups in total. The van der Waals surface area contributed by atoms with Crippen LogP contribution in [0.1, 0.15) is 24.2 Å². The molecule has 19 heavy (non-hydrogen) atoms. The standard InChI is InChI=1S/C14H17ClFN3/c1-10(13-4-3-11(16)9-14(13)15)17-7-5-12-6-8-19(2)18-12/h3-4,6,8-10,17H,5,7H2,1-2H3. The van der Waals surface area contributed by atoms with Crippen molar-refractivity contribution in [3.05, 3.63) is 52.6 Å². The van der Waals surface area contributed by atoms with Gasteiger partial charge in [-0.25, -0.2) is 4.39 Å². The number of rotatable bonds is 5. The van der Waals surface area contributed by atoms with Crippen LogP contribution in [0, 0.1) is 5.82 Å². The zero-order chi connectivity index (χ0) is 13.8. The molecule has 1 aromatic heterocycles. The lowest BCUT2D eigenvalue weighted by Crippen LogP contribution is -2.21. The maximum atomic E-state index is 13.0. The zero-order valence-electron chi connectivity index (χ0n) is 11.0. The summed E-state index contributed by atoms with van der Waals surface area (Å²) in [5.74, 6) is -0.311. The molecule has 102 valence electrons. The molecule has 0 radical (unpaired) electrons. The van der Waals surface area contributed by atoms with Crippen LogP contribution in [-0.4, -0.2) is 16.3 Å². The molecule has 0 saturated heterocycles. The van der Waals surface area contributed by atoms with Crippen LogP contribution in [0.2, 0.25) is 5.02 Å². The Balaban J connectivity index is 1.88. The fourth-order valence-electron chi connectivity index (χ4n) is 1.98. The number of nitrogens with zero attached hydrogens (tertiary/aromatic N) is 2. The molecule has 0 saturated carbocycles. The Labute approximate surface area is 117 Å². The highest BCUT2D eigenvalue weighted by Crippen LogP contribution is 2.23. The molecule has 0 fully saturated rings. The maximum Gasteiger partial charge on any atom is 0.124 e. The van der Waals surface area contributed by atoms with Crippen molar-refractivity contribution in [1.29, 1.82) is 0 Å². The summed E-state index contributed by atoms with van der Waals surface area (Å²) in [6.07, 6.45) is 2.78. The first-order chi connectivity index (χ1) is 9.06. The van der Waals surface area contributed by atoms with Gasteiger partial charge in [-0.2, -0.15) is 5.10 Å². The van der Waals surface area contributed by atoms with Gasteiger partial charge < -0.3 is 5.32 Å². The Bertz CT molecular complexity index is 553. The number of aryl methyl sites for hydroxylation is 1. The van der Waals surface area contributed by atoms with Crippen molar-refractivity contribution in [3.63, 3.8) is 0 Å². The van der Waals surface area contributed by atoms with Crippen LogP contribution >= 0.6 is 11.6 Å². The van der Waals surface area contributed by atoms with Crippen LogP contribution < -0.4 is 5.32 Å². The molecule has 2 aromatic rings. The van der Waals surface area contributed by atoms with E-state index < -0.39 is 0 Å². The number of aromatic nitrogens is 2. The second-order valence-electron chi connectivity index (χ2n) is 4.57. The summed E-state index contributed by atoms with van der Waals surface area (Å²) < 4.78 is 14.8. The summed E-state index contributed by atoms with van der Waals surface area (Å²) >= 11 is 6.03. The molecule has 1 heterocycles. The number of benzene rings is 1. The molecule has 2 rings (SSSR count). The summed E-state index contributed by atoms with van der Waals surface area (Å²) in [4.78, 5) is 0. The first-order valence-electron chi connectivity index (χ1n) is 6.23. The van der Waals surface area contributed by atoms with Gasteiger partial charge in [-0.3, -0.25) is 4.68 Å². The Morgan fingerprint density at radius 3 is 2.84 bits per heavy atom. The summed E-state index contributed by atoms with van der Waals surface area (Å²) in [7, 11) is 1.90. The van der Waals surface area contributed by atoms with Gasteiger partial charge in [0.25, 0.3) is 0 Å². The summed E-state index contributed by atoms with van der Waals surface area (Å²) in [6.45, 7) is 2.81. The third-order valence-corrected chi connectivity index (χ3v) is 3.36. The molecule has 0 aliphatic heterocycles. The lowest BCUT2D eigenvalue weighted by molar-refractivity contribution is 0.568. The van der Waals surface area contributed by atoms with Gasteiger partial charge >= 0.3 is 0 Å². The summed E-state index contributed by atoms with van der Waals surface area (Å²) in [5, 5.41) is 8.13. The topological polar surface area (TPSA) is 29.9 Å². The second kappa shape index (κ2) is 6.17. The Kier molecular flexibility index (Phi) is 4.56. The highest BCUT2D eigenvalue weighted by molar-refractivity contribution is 6.31. The minimum absolute atomic E-state index is 0.0804. The van der Waals surface area contributed by atoms with E-state index in [1.807, 2.05) is 26.2 Å². The molecule has 3 nitrogen and oxygen atoms in total. The van der Waals surface area contributed by atoms with E-state index in [2.05, 4.69) is 10.4 Å². The minimum atomic E-state index is -0.311. The number of hydrogen-bond acceptors (Lipinski definition) is 2. The van der Waals surface area contributed by atoms with E-state index in [4.69, 9.17) is 11.6 Å². The van der Waals surface area contributed by atoms with Gasteiger partial charge in [0.1, 0.15) is 5.82 Å². The minimum Gasteiger partial charge on any atom is -0.310 e. The number of nitrogens with one attached hydrogen (secondary N) is 1. The predicted molar refractivity (Wildman–Crippen MR) is 74.7 cm³/mol. The highest BCUT2D eigenvalue weighted by atomic mass is 35.5. The van der Waals surface area contributed by atoms with E-state index in [-0.39, 0.29) is 11.9 Å². The van der Waals surface area contributed by atoms with E-state index in [0.717, 1.165) is 24.2 Å². The Morgan fingerprint density at radius 2 is 2.21 bits per heavy atom. The Morgan fingerprint density at radius 1 is 1.42 bits per heavy atom. The first kappa shape index (κ1) is 14.0. The van der Waals surface area contributed by atoms with Crippen molar-refractivity contribution in [1.82, 2.24) is 15.1 Å². The third kappa shape index (κ3) is 3.78. The summed E-state index contributed by atoms with van der Waals surface area (Å²) in [6, 6.07) is 6.57. The Hall–Kier alpha value is -1.39. The van der Waals surface area contributed by atoms with Crippen LogP contribution in [0.3, 0.4) is 0 Å². The SMILES string of the molecule is CC(NCCc1ccn(C)n1)c1ccc(F)cc1Cl. The van der Waals surface area contributed by atoms with Gasteiger partial charge in [-0.1, -0.05) is 17.7 Å². The van der Waals surface area contributed by atoms with E-state index in [9.17, 15) is 4.39 Å². The van der Waals surface area contributed by atoms with E-state index in [1.54, 1.807) is 10.7 Å². The quantitative estimate of drug-likeness (QED) is 0.913. The van der Waals surface area contributed by atoms with Gasteiger partial charge in [0.2, 0.25) is 0 Å². The molecule has 1 aromatic carbocycles. The van der Waals surface area contributed by atoms with Gasteiger partial charge in [0, 0.05) is 37.3 Å². The molecule has 5 heteroatoms.